The zero-order valence-corrected chi connectivity index (χ0v) is 13.2. The van der Waals surface area contributed by atoms with Gasteiger partial charge in [-0.25, -0.2) is 4.39 Å². The number of carbonyl (C=O) groups is 1. The van der Waals surface area contributed by atoms with Crippen LogP contribution in [0.25, 0.3) is 0 Å². The highest BCUT2D eigenvalue weighted by Gasteiger charge is 2.38. The van der Waals surface area contributed by atoms with Gasteiger partial charge in [-0.3, -0.25) is 4.79 Å². The van der Waals surface area contributed by atoms with E-state index in [2.05, 4.69) is 0 Å². The molecule has 0 spiro atoms. The van der Waals surface area contributed by atoms with Crippen molar-refractivity contribution in [1.82, 2.24) is 4.90 Å². The molecule has 1 aromatic rings. The molecule has 1 amide bonds. The summed E-state index contributed by atoms with van der Waals surface area (Å²) in [6.07, 6.45) is 3.00. The van der Waals surface area contributed by atoms with Gasteiger partial charge >= 0.3 is 0 Å². The second-order valence-corrected chi connectivity index (χ2v) is 5.80. The van der Waals surface area contributed by atoms with E-state index >= 15 is 0 Å². The Hall–Kier alpha value is -1.17. The molecule has 3 atom stereocenters. The first-order chi connectivity index (χ1) is 10.2. The number of nitrogens with zero attached hydrogens (tertiary/aromatic N) is 1. The van der Waals surface area contributed by atoms with Gasteiger partial charge in [0.1, 0.15) is 11.9 Å². The topological polar surface area (TPSA) is 55.6 Å². The van der Waals surface area contributed by atoms with Crippen LogP contribution in [0.2, 0.25) is 0 Å². The molecule has 2 aliphatic rings. The Morgan fingerprint density at radius 2 is 2.18 bits per heavy atom. The molecule has 1 aromatic carbocycles. The van der Waals surface area contributed by atoms with E-state index in [1.807, 2.05) is 11.0 Å². The number of carbonyl (C=O) groups excluding carboxylic acids is 1. The van der Waals surface area contributed by atoms with Gasteiger partial charge in [-0.15, -0.1) is 12.4 Å². The molecule has 3 rings (SSSR count). The molecular formula is C16H22ClFN2O2. The molecule has 0 aliphatic carbocycles. The van der Waals surface area contributed by atoms with E-state index in [-0.39, 0.29) is 42.4 Å². The Morgan fingerprint density at radius 3 is 2.86 bits per heavy atom. The fraction of sp³-hybridized carbons (Fsp3) is 0.562. The third-order valence-electron chi connectivity index (χ3n) is 4.42. The number of hydrogen-bond acceptors (Lipinski definition) is 3. The van der Waals surface area contributed by atoms with Crippen LogP contribution >= 0.6 is 12.4 Å². The predicted molar refractivity (Wildman–Crippen MR) is 84.3 cm³/mol. The summed E-state index contributed by atoms with van der Waals surface area (Å²) < 4.78 is 19.1. The SMILES string of the molecule is Cl.NC[C@H]1CC[C@@H](C(=O)N2CCCC2c2cccc(F)c2)O1. The smallest absolute Gasteiger partial charge is 0.252 e. The normalized spacial score (nSPS) is 27.7. The van der Waals surface area contributed by atoms with Crippen molar-refractivity contribution in [2.24, 2.45) is 5.73 Å². The Morgan fingerprint density at radius 1 is 1.36 bits per heavy atom. The van der Waals surface area contributed by atoms with E-state index in [0.29, 0.717) is 13.1 Å². The zero-order valence-electron chi connectivity index (χ0n) is 12.4. The molecule has 0 bridgehead atoms. The van der Waals surface area contributed by atoms with Gasteiger partial charge in [0, 0.05) is 13.1 Å². The van der Waals surface area contributed by atoms with E-state index in [1.165, 1.54) is 12.1 Å². The van der Waals surface area contributed by atoms with E-state index in [0.717, 1.165) is 31.2 Å². The second kappa shape index (κ2) is 7.40. The lowest BCUT2D eigenvalue weighted by Crippen LogP contribution is -2.39. The number of hydrogen-bond donors (Lipinski definition) is 1. The average molecular weight is 329 g/mol. The molecule has 0 radical (unpaired) electrons. The lowest BCUT2D eigenvalue weighted by Gasteiger charge is -2.27. The fourth-order valence-corrected chi connectivity index (χ4v) is 3.34. The van der Waals surface area contributed by atoms with Crippen molar-refractivity contribution in [3.05, 3.63) is 35.6 Å². The maximum atomic E-state index is 13.4. The van der Waals surface area contributed by atoms with Crippen molar-refractivity contribution < 1.29 is 13.9 Å². The summed E-state index contributed by atoms with van der Waals surface area (Å²) in [7, 11) is 0. The largest absolute Gasteiger partial charge is 0.364 e. The Labute approximate surface area is 136 Å². The Kier molecular flexibility index (Phi) is 5.78. The average Bonchev–Trinajstić information content (AvgIpc) is 3.15. The molecule has 2 N–H and O–H groups in total. The summed E-state index contributed by atoms with van der Waals surface area (Å²) in [5.41, 5.74) is 6.46. The molecular weight excluding hydrogens is 307 g/mol. The Bertz CT molecular complexity index is 529. The molecule has 2 fully saturated rings. The van der Waals surface area contributed by atoms with Gasteiger partial charge in [0.05, 0.1) is 12.1 Å². The summed E-state index contributed by atoms with van der Waals surface area (Å²) in [6.45, 7) is 1.17. The first kappa shape index (κ1) is 17.2. The number of rotatable bonds is 3. The first-order valence-corrected chi connectivity index (χ1v) is 7.60. The van der Waals surface area contributed by atoms with Crippen molar-refractivity contribution in [3.63, 3.8) is 0 Å². The van der Waals surface area contributed by atoms with Crippen LogP contribution in [0.1, 0.15) is 37.3 Å². The van der Waals surface area contributed by atoms with Crippen molar-refractivity contribution in [3.8, 4) is 0 Å². The highest BCUT2D eigenvalue weighted by atomic mass is 35.5. The molecule has 4 nitrogen and oxygen atoms in total. The first-order valence-electron chi connectivity index (χ1n) is 7.60. The third-order valence-corrected chi connectivity index (χ3v) is 4.42. The zero-order chi connectivity index (χ0) is 14.8. The summed E-state index contributed by atoms with van der Waals surface area (Å²) in [4.78, 5) is 14.5. The molecule has 6 heteroatoms. The molecule has 2 heterocycles. The van der Waals surface area contributed by atoms with Crippen LogP contribution in [0.4, 0.5) is 4.39 Å². The number of amides is 1. The standard InChI is InChI=1S/C16H21FN2O2.ClH/c17-12-4-1-3-11(9-12)14-5-2-8-19(14)16(20)15-7-6-13(10-18)21-15;/h1,3-4,9,13-15H,2,5-8,10,18H2;1H/t13-,14?,15+;/m1./s1. The number of nitrogens with two attached hydrogens (primary N) is 1. The molecule has 1 unspecified atom stereocenters. The van der Waals surface area contributed by atoms with Crippen molar-refractivity contribution in [2.75, 3.05) is 13.1 Å². The van der Waals surface area contributed by atoms with Crippen molar-refractivity contribution in [1.29, 1.82) is 0 Å². The molecule has 2 aliphatic heterocycles. The number of likely N-dealkylation sites (tertiary alicyclic amines) is 1. The number of halogens is 2. The Balaban J connectivity index is 0.00000176. The lowest BCUT2D eigenvalue weighted by atomic mass is 10.0. The summed E-state index contributed by atoms with van der Waals surface area (Å²) in [5, 5.41) is 0. The number of benzene rings is 1. The van der Waals surface area contributed by atoms with Gasteiger partial charge in [0.2, 0.25) is 0 Å². The van der Waals surface area contributed by atoms with Gasteiger partial charge in [0.15, 0.2) is 0 Å². The lowest BCUT2D eigenvalue weighted by molar-refractivity contribution is -0.143. The summed E-state index contributed by atoms with van der Waals surface area (Å²) in [5.74, 6) is -0.232. The van der Waals surface area contributed by atoms with Crippen LogP contribution in [-0.2, 0) is 9.53 Å². The van der Waals surface area contributed by atoms with E-state index < -0.39 is 0 Å². The highest BCUT2D eigenvalue weighted by Crippen LogP contribution is 2.34. The van der Waals surface area contributed by atoms with Crippen LogP contribution in [0.15, 0.2) is 24.3 Å². The monoisotopic (exact) mass is 328 g/mol. The number of ether oxygens (including phenoxy) is 1. The minimum Gasteiger partial charge on any atom is -0.364 e. The molecule has 0 saturated carbocycles. The van der Waals surface area contributed by atoms with E-state index in [9.17, 15) is 9.18 Å². The fourth-order valence-electron chi connectivity index (χ4n) is 3.34. The highest BCUT2D eigenvalue weighted by molar-refractivity contribution is 5.85. The molecule has 122 valence electrons. The molecule has 2 saturated heterocycles. The van der Waals surface area contributed by atoms with E-state index in [4.69, 9.17) is 10.5 Å². The summed E-state index contributed by atoms with van der Waals surface area (Å²) >= 11 is 0. The van der Waals surface area contributed by atoms with Crippen LogP contribution in [0, 0.1) is 5.82 Å². The van der Waals surface area contributed by atoms with Gasteiger partial charge < -0.3 is 15.4 Å². The van der Waals surface area contributed by atoms with Gasteiger partial charge in [0.25, 0.3) is 5.91 Å². The quantitative estimate of drug-likeness (QED) is 0.927. The predicted octanol–water partition coefficient (Wildman–Crippen LogP) is 2.42. The van der Waals surface area contributed by atoms with Crippen LogP contribution < -0.4 is 5.73 Å². The van der Waals surface area contributed by atoms with Crippen molar-refractivity contribution in [2.45, 2.75) is 43.9 Å². The van der Waals surface area contributed by atoms with Crippen LogP contribution in [-0.4, -0.2) is 36.1 Å². The van der Waals surface area contributed by atoms with Gasteiger partial charge in [-0.05, 0) is 43.4 Å². The van der Waals surface area contributed by atoms with Gasteiger partial charge in [-0.1, -0.05) is 12.1 Å². The third kappa shape index (κ3) is 3.42. The minimum atomic E-state index is -0.382. The van der Waals surface area contributed by atoms with Gasteiger partial charge in [-0.2, -0.15) is 0 Å². The maximum Gasteiger partial charge on any atom is 0.252 e. The second-order valence-electron chi connectivity index (χ2n) is 5.80. The van der Waals surface area contributed by atoms with Crippen LogP contribution in [0.5, 0.6) is 0 Å². The summed E-state index contributed by atoms with van der Waals surface area (Å²) in [6, 6.07) is 6.50. The molecule has 22 heavy (non-hydrogen) atoms. The minimum absolute atomic E-state index is 0. The van der Waals surface area contributed by atoms with Crippen molar-refractivity contribution >= 4 is 18.3 Å². The maximum absolute atomic E-state index is 13.4. The van der Waals surface area contributed by atoms with Crippen LogP contribution in [0.3, 0.4) is 0 Å². The molecule has 0 aromatic heterocycles. The van der Waals surface area contributed by atoms with E-state index in [1.54, 1.807) is 6.07 Å².